The molecule has 0 aliphatic carbocycles. The molecule has 0 aromatic carbocycles. The van der Waals surface area contributed by atoms with E-state index in [1.54, 1.807) is 0 Å². The van der Waals surface area contributed by atoms with Gasteiger partial charge in [-0.25, -0.2) is 0 Å². The third-order valence-electron chi connectivity index (χ3n) is 0.806. The zero-order chi connectivity index (χ0) is 9.40. The lowest BCUT2D eigenvalue weighted by Crippen LogP contribution is -2.11. The van der Waals surface area contributed by atoms with Gasteiger partial charge >= 0.3 is 5.97 Å². The van der Waals surface area contributed by atoms with Gasteiger partial charge in [0, 0.05) is 16.7 Å². The predicted octanol–water partition coefficient (Wildman–Crippen LogP) is 1.50. The van der Waals surface area contributed by atoms with E-state index in [4.69, 9.17) is 11.1 Å². The maximum absolute atomic E-state index is 10.3. The van der Waals surface area contributed by atoms with Crippen LogP contribution in [0.25, 0.3) is 20.9 Å². The molecule has 0 heterocycles. The molecule has 0 unspecified atom stereocenters. The highest BCUT2D eigenvalue weighted by Gasteiger charge is 2.04. The zero-order valence-electron chi connectivity index (χ0n) is 6.28. The Kier molecular flexibility index (Phi) is 4.91. The number of hydrogen-bond donors (Lipinski definition) is 0. The fraction of sp³-hybridized carbons (Fsp3) is 0.750. The number of azide groups is 1. The lowest BCUT2D eigenvalue weighted by Gasteiger charge is -2.02. The zero-order valence-corrected chi connectivity index (χ0v) is 6.28. The van der Waals surface area contributed by atoms with E-state index in [0.717, 1.165) is 0 Å². The SMILES string of the molecule is CC(=O)OCC(N=[N+]=[N-])N=[N+]=[N-]. The quantitative estimate of drug-likeness (QED) is 0.274. The van der Waals surface area contributed by atoms with E-state index in [2.05, 4.69) is 24.8 Å². The van der Waals surface area contributed by atoms with Crippen molar-refractivity contribution in [3.8, 4) is 0 Å². The molecule has 0 aromatic rings. The van der Waals surface area contributed by atoms with E-state index in [1.807, 2.05) is 0 Å². The molecule has 0 spiro atoms. The molecule has 0 saturated heterocycles. The number of carbonyl (C=O) groups excluding carboxylic acids is 1. The van der Waals surface area contributed by atoms with Crippen molar-refractivity contribution in [2.45, 2.75) is 13.1 Å². The van der Waals surface area contributed by atoms with Gasteiger partial charge in [0.2, 0.25) is 0 Å². The summed E-state index contributed by atoms with van der Waals surface area (Å²) in [7, 11) is 0. The summed E-state index contributed by atoms with van der Waals surface area (Å²) in [6.45, 7) is 0.965. The average molecular weight is 170 g/mol. The molecule has 0 aliphatic heterocycles. The highest BCUT2D eigenvalue weighted by Crippen LogP contribution is 1.95. The van der Waals surface area contributed by atoms with Crippen LogP contribution in [-0.2, 0) is 9.53 Å². The first-order valence-electron chi connectivity index (χ1n) is 2.92. The molecule has 0 aliphatic rings. The van der Waals surface area contributed by atoms with Gasteiger partial charge in [0.05, 0.1) is 0 Å². The highest BCUT2D eigenvalue weighted by atomic mass is 16.5. The van der Waals surface area contributed by atoms with Crippen molar-refractivity contribution in [3.05, 3.63) is 20.9 Å². The number of carbonyl (C=O) groups is 1. The Hall–Kier alpha value is -1.91. The lowest BCUT2D eigenvalue weighted by molar-refractivity contribution is -0.141. The molecular formula is C4H6N6O2. The fourth-order valence-corrected chi connectivity index (χ4v) is 0.401. The number of nitrogens with zero attached hydrogens (tertiary/aromatic N) is 6. The van der Waals surface area contributed by atoms with Crippen LogP contribution >= 0.6 is 0 Å². The van der Waals surface area contributed by atoms with Crippen molar-refractivity contribution in [2.24, 2.45) is 10.2 Å². The topological polar surface area (TPSA) is 124 Å². The Morgan fingerprint density at radius 3 is 2.33 bits per heavy atom. The van der Waals surface area contributed by atoms with Crippen molar-refractivity contribution in [2.75, 3.05) is 6.61 Å². The van der Waals surface area contributed by atoms with E-state index in [9.17, 15) is 4.79 Å². The van der Waals surface area contributed by atoms with Crippen LogP contribution in [0.15, 0.2) is 10.2 Å². The van der Waals surface area contributed by atoms with Crippen LogP contribution in [-0.4, -0.2) is 18.7 Å². The number of ether oxygens (including phenoxy) is 1. The van der Waals surface area contributed by atoms with Crippen LogP contribution in [0.3, 0.4) is 0 Å². The molecule has 0 saturated carbocycles. The van der Waals surface area contributed by atoms with Gasteiger partial charge in [-0.3, -0.25) is 4.79 Å². The fourth-order valence-electron chi connectivity index (χ4n) is 0.401. The summed E-state index contributed by atoms with van der Waals surface area (Å²) in [5.41, 5.74) is 15.9. The van der Waals surface area contributed by atoms with Gasteiger partial charge in [-0.2, -0.15) is 0 Å². The Bertz CT molecular complexity index is 232. The number of rotatable bonds is 4. The summed E-state index contributed by atoms with van der Waals surface area (Å²) in [5.74, 6) is -0.527. The van der Waals surface area contributed by atoms with Crippen LogP contribution in [0, 0.1) is 0 Å². The first-order chi connectivity index (χ1) is 5.70. The second-order valence-electron chi connectivity index (χ2n) is 1.69. The van der Waals surface area contributed by atoms with E-state index in [1.165, 1.54) is 6.92 Å². The van der Waals surface area contributed by atoms with Crippen LogP contribution in [0.5, 0.6) is 0 Å². The van der Waals surface area contributed by atoms with Gasteiger partial charge in [0.25, 0.3) is 0 Å². The second-order valence-corrected chi connectivity index (χ2v) is 1.69. The Labute approximate surface area is 67.4 Å². The van der Waals surface area contributed by atoms with Gasteiger partial charge in [-0.15, -0.1) is 0 Å². The van der Waals surface area contributed by atoms with Gasteiger partial charge in [0.15, 0.2) is 0 Å². The number of esters is 1. The van der Waals surface area contributed by atoms with Gasteiger partial charge in [-0.05, 0) is 11.1 Å². The summed E-state index contributed by atoms with van der Waals surface area (Å²) in [6.07, 6.45) is -1.01. The summed E-state index contributed by atoms with van der Waals surface area (Å²) < 4.78 is 4.44. The molecule has 0 atom stereocenters. The highest BCUT2D eigenvalue weighted by molar-refractivity contribution is 5.65. The minimum absolute atomic E-state index is 0.233. The van der Waals surface area contributed by atoms with Gasteiger partial charge in [-0.1, -0.05) is 10.2 Å². The van der Waals surface area contributed by atoms with E-state index < -0.39 is 12.1 Å². The third-order valence-corrected chi connectivity index (χ3v) is 0.806. The molecular weight excluding hydrogens is 164 g/mol. The van der Waals surface area contributed by atoms with Crippen molar-refractivity contribution in [1.82, 2.24) is 0 Å². The van der Waals surface area contributed by atoms with Crippen molar-refractivity contribution < 1.29 is 9.53 Å². The standard InChI is InChI=1S/C4H6N6O2/c1-3(11)12-2-4(7-9-5)8-10-6/h4H,2H2,1H3. The summed E-state index contributed by atoms with van der Waals surface area (Å²) in [6, 6.07) is 0. The third kappa shape index (κ3) is 4.92. The first-order valence-corrected chi connectivity index (χ1v) is 2.92. The largest absolute Gasteiger partial charge is 0.465 e. The van der Waals surface area contributed by atoms with E-state index in [-0.39, 0.29) is 6.61 Å². The lowest BCUT2D eigenvalue weighted by atomic mass is 10.6. The molecule has 12 heavy (non-hydrogen) atoms. The molecule has 0 fully saturated rings. The van der Waals surface area contributed by atoms with E-state index in [0.29, 0.717) is 0 Å². The molecule has 0 N–H and O–H groups in total. The Morgan fingerprint density at radius 2 is 2.00 bits per heavy atom. The van der Waals surface area contributed by atoms with Crippen LogP contribution < -0.4 is 0 Å². The minimum atomic E-state index is -1.01. The predicted molar refractivity (Wildman–Crippen MR) is 38.7 cm³/mol. The Morgan fingerprint density at radius 1 is 1.50 bits per heavy atom. The van der Waals surface area contributed by atoms with Crippen LogP contribution in [0.4, 0.5) is 0 Å². The molecule has 0 rings (SSSR count). The summed E-state index contributed by atoms with van der Waals surface area (Å²) >= 11 is 0. The van der Waals surface area contributed by atoms with Crippen molar-refractivity contribution in [1.29, 1.82) is 0 Å². The molecule has 0 bridgehead atoms. The normalized spacial score (nSPS) is 10.4. The number of hydrogen-bond acceptors (Lipinski definition) is 4. The maximum Gasteiger partial charge on any atom is 0.302 e. The smallest absolute Gasteiger partial charge is 0.302 e. The first kappa shape index (κ1) is 10.1. The molecule has 8 heteroatoms. The van der Waals surface area contributed by atoms with Crippen molar-refractivity contribution in [3.63, 3.8) is 0 Å². The van der Waals surface area contributed by atoms with Crippen molar-refractivity contribution >= 4 is 5.97 Å². The molecule has 8 nitrogen and oxygen atoms in total. The maximum atomic E-state index is 10.3. The van der Waals surface area contributed by atoms with E-state index >= 15 is 0 Å². The molecule has 0 radical (unpaired) electrons. The van der Waals surface area contributed by atoms with Crippen LogP contribution in [0.1, 0.15) is 6.92 Å². The summed E-state index contributed by atoms with van der Waals surface area (Å²) in [4.78, 5) is 15.1. The van der Waals surface area contributed by atoms with Gasteiger partial charge in [0.1, 0.15) is 12.8 Å². The molecule has 64 valence electrons. The monoisotopic (exact) mass is 170 g/mol. The molecule has 0 aromatic heterocycles. The Balaban J connectivity index is 4.04. The average Bonchev–Trinajstić information content (AvgIpc) is 2.01. The second kappa shape index (κ2) is 5.84. The van der Waals surface area contributed by atoms with Gasteiger partial charge < -0.3 is 4.74 Å². The summed E-state index contributed by atoms with van der Waals surface area (Å²) in [5, 5.41) is 6.14. The molecule has 0 amide bonds. The van der Waals surface area contributed by atoms with Crippen LogP contribution in [0.2, 0.25) is 0 Å². The minimum Gasteiger partial charge on any atom is -0.465 e.